The lowest BCUT2D eigenvalue weighted by Crippen LogP contribution is -2.43. The van der Waals surface area contributed by atoms with Crippen molar-refractivity contribution in [2.24, 2.45) is 0 Å². The van der Waals surface area contributed by atoms with Gasteiger partial charge in [-0.3, -0.25) is 0 Å². The van der Waals surface area contributed by atoms with Crippen molar-refractivity contribution >= 4 is 0 Å². The van der Waals surface area contributed by atoms with Gasteiger partial charge in [-0.15, -0.1) is 0 Å². The fourth-order valence-corrected chi connectivity index (χ4v) is 1.71. The first-order chi connectivity index (χ1) is 6.46. The van der Waals surface area contributed by atoms with Crippen molar-refractivity contribution in [1.82, 2.24) is 0 Å². The highest BCUT2D eigenvalue weighted by Gasteiger charge is 2.38. The van der Waals surface area contributed by atoms with Crippen LogP contribution in [-0.4, -0.2) is 31.0 Å². The monoisotopic (exact) mass is 198 g/mol. The molecule has 1 aliphatic rings. The number of rotatable bonds is 2. The summed E-state index contributed by atoms with van der Waals surface area (Å²) in [4.78, 5) is 0. The zero-order valence-electron chi connectivity index (χ0n) is 9.42. The Balaban J connectivity index is 3.17. The van der Waals surface area contributed by atoms with Gasteiger partial charge in [0.1, 0.15) is 17.5 Å². The van der Waals surface area contributed by atoms with Gasteiger partial charge in [0.2, 0.25) is 0 Å². The lowest BCUT2D eigenvalue weighted by Gasteiger charge is -2.36. The number of ether oxygens (including phenoxy) is 2. The lowest BCUT2D eigenvalue weighted by atomic mass is 9.85. The van der Waals surface area contributed by atoms with Crippen LogP contribution in [0, 0.1) is 0 Å². The van der Waals surface area contributed by atoms with Crippen molar-refractivity contribution in [1.29, 1.82) is 0 Å². The zero-order valence-corrected chi connectivity index (χ0v) is 9.42. The van der Waals surface area contributed by atoms with Gasteiger partial charge < -0.3 is 14.6 Å². The molecule has 0 aromatic heterocycles. The van der Waals surface area contributed by atoms with Crippen molar-refractivity contribution in [3.8, 4) is 0 Å². The van der Waals surface area contributed by atoms with Crippen LogP contribution in [0.25, 0.3) is 0 Å². The normalized spacial score (nSPS) is 33.0. The molecular weight excluding hydrogens is 180 g/mol. The number of hydrogen-bond donors (Lipinski definition) is 1. The van der Waals surface area contributed by atoms with Crippen LogP contribution in [0.15, 0.2) is 23.0 Å². The molecule has 0 aliphatic heterocycles. The van der Waals surface area contributed by atoms with Crippen LogP contribution in [0.2, 0.25) is 0 Å². The van der Waals surface area contributed by atoms with E-state index in [1.54, 1.807) is 14.2 Å². The summed E-state index contributed by atoms with van der Waals surface area (Å²) in [6, 6.07) is 0. The molecule has 0 bridgehead atoms. The second-order valence-electron chi connectivity index (χ2n) is 3.81. The third kappa shape index (κ3) is 1.57. The van der Waals surface area contributed by atoms with E-state index in [1.165, 1.54) is 0 Å². The third-order valence-corrected chi connectivity index (χ3v) is 2.92. The highest BCUT2D eigenvalue weighted by atomic mass is 16.5. The topological polar surface area (TPSA) is 38.7 Å². The third-order valence-electron chi connectivity index (χ3n) is 2.92. The van der Waals surface area contributed by atoms with E-state index in [-0.39, 0.29) is 0 Å². The van der Waals surface area contributed by atoms with Crippen LogP contribution in [0.5, 0.6) is 0 Å². The molecule has 0 spiro atoms. The van der Waals surface area contributed by atoms with E-state index < -0.39 is 11.7 Å². The number of aliphatic hydroxyl groups excluding tert-OH is 1. The van der Waals surface area contributed by atoms with Crippen molar-refractivity contribution in [2.45, 2.75) is 32.5 Å². The van der Waals surface area contributed by atoms with Crippen molar-refractivity contribution in [2.75, 3.05) is 14.2 Å². The predicted octanol–water partition coefficient (Wildman–Crippen LogP) is 1.63. The van der Waals surface area contributed by atoms with E-state index in [0.29, 0.717) is 5.76 Å². The molecule has 0 heterocycles. The van der Waals surface area contributed by atoms with Gasteiger partial charge in [0.15, 0.2) is 0 Å². The maximum atomic E-state index is 10.0. The molecule has 14 heavy (non-hydrogen) atoms. The number of hydrogen-bond acceptors (Lipinski definition) is 3. The van der Waals surface area contributed by atoms with Gasteiger partial charge in [0.05, 0.1) is 7.11 Å². The average molecular weight is 198 g/mol. The smallest absolute Gasteiger partial charge is 0.143 e. The molecule has 3 heteroatoms. The van der Waals surface area contributed by atoms with E-state index in [1.807, 2.05) is 26.8 Å². The van der Waals surface area contributed by atoms with Gasteiger partial charge in [-0.1, -0.05) is 0 Å². The van der Waals surface area contributed by atoms with Crippen molar-refractivity contribution in [3.63, 3.8) is 0 Å². The number of methoxy groups -OCH3 is 2. The molecule has 0 saturated carbocycles. The summed E-state index contributed by atoms with van der Waals surface area (Å²) in [5.74, 6) is 0.592. The molecule has 0 aromatic rings. The molecule has 0 fully saturated rings. The molecule has 2 unspecified atom stereocenters. The van der Waals surface area contributed by atoms with Crippen molar-refractivity contribution < 1.29 is 14.6 Å². The van der Waals surface area contributed by atoms with E-state index in [0.717, 1.165) is 11.1 Å². The minimum atomic E-state index is -0.735. The fraction of sp³-hybridized carbons (Fsp3) is 0.636. The summed E-state index contributed by atoms with van der Waals surface area (Å²) >= 11 is 0. The van der Waals surface area contributed by atoms with E-state index >= 15 is 0 Å². The first kappa shape index (κ1) is 11.3. The Labute approximate surface area is 85.0 Å². The van der Waals surface area contributed by atoms with E-state index in [2.05, 4.69) is 0 Å². The predicted molar refractivity (Wildman–Crippen MR) is 54.9 cm³/mol. The van der Waals surface area contributed by atoms with E-state index in [9.17, 15) is 5.11 Å². The average Bonchev–Trinajstić information content (AvgIpc) is 2.16. The molecule has 1 rings (SSSR count). The summed E-state index contributed by atoms with van der Waals surface area (Å²) in [7, 11) is 3.15. The van der Waals surface area contributed by atoms with Crippen LogP contribution in [-0.2, 0) is 9.47 Å². The molecule has 80 valence electrons. The Bertz CT molecular complexity index is 291. The Kier molecular flexibility index (Phi) is 3.02. The molecule has 2 atom stereocenters. The van der Waals surface area contributed by atoms with E-state index in [4.69, 9.17) is 9.47 Å². The maximum absolute atomic E-state index is 10.0. The highest BCUT2D eigenvalue weighted by molar-refractivity contribution is 5.40. The van der Waals surface area contributed by atoms with Crippen LogP contribution in [0.4, 0.5) is 0 Å². The molecule has 1 N–H and O–H groups in total. The largest absolute Gasteiger partial charge is 0.498 e. The first-order valence-electron chi connectivity index (χ1n) is 4.64. The Morgan fingerprint density at radius 2 is 1.93 bits per heavy atom. The highest BCUT2D eigenvalue weighted by Crippen LogP contribution is 2.33. The molecule has 0 radical (unpaired) electrons. The fourth-order valence-electron chi connectivity index (χ4n) is 1.71. The SMILES string of the molecule is COC1=C(C)C(C)=CC(C)(OC)C1O. The number of allylic oxidation sites excluding steroid dienone is 2. The van der Waals surface area contributed by atoms with Gasteiger partial charge in [-0.2, -0.15) is 0 Å². The van der Waals surface area contributed by atoms with Gasteiger partial charge in [0.25, 0.3) is 0 Å². The molecule has 3 nitrogen and oxygen atoms in total. The Morgan fingerprint density at radius 1 is 1.36 bits per heavy atom. The van der Waals surface area contributed by atoms with Crippen molar-refractivity contribution in [3.05, 3.63) is 23.0 Å². The minimum absolute atomic E-state index is 0.592. The standard InChI is InChI=1S/C11H18O3/c1-7-6-11(3,14-5)10(12)9(13-4)8(7)2/h6,10,12H,1-5H3. The van der Waals surface area contributed by atoms with Crippen LogP contribution in [0.1, 0.15) is 20.8 Å². The Hall–Kier alpha value is -0.800. The first-order valence-corrected chi connectivity index (χ1v) is 4.64. The van der Waals surface area contributed by atoms with Crippen LogP contribution in [0.3, 0.4) is 0 Å². The summed E-state index contributed by atoms with van der Waals surface area (Å²) < 4.78 is 10.5. The van der Waals surface area contributed by atoms with Gasteiger partial charge in [0, 0.05) is 7.11 Å². The number of aliphatic hydroxyl groups is 1. The van der Waals surface area contributed by atoms with Gasteiger partial charge in [-0.05, 0) is 38.0 Å². The van der Waals surface area contributed by atoms with Gasteiger partial charge >= 0.3 is 0 Å². The molecule has 1 aliphatic carbocycles. The molecule has 0 amide bonds. The van der Waals surface area contributed by atoms with Crippen LogP contribution >= 0.6 is 0 Å². The summed E-state index contributed by atoms with van der Waals surface area (Å²) in [6.45, 7) is 5.76. The molecular formula is C11H18O3. The quantitative estimate of drug-likeness (QED) is 0.733. The minimum Gasteiger partial charge on any atom is -0.498 e. The summed E-state index contributed by atoms with van der Waals surface area (Å²) in [6.07, 6.45) is 1.19. The lowest BCUT2D eigenvalue weighted by molar-refractivity contribution is -0.0616. The second-order valence-corrected chi connectivity index (χ2v) is 3.81. The second kappa shape index (κ2) is 3.75. The summed E-state index contributed by atoms with van der Waals surface area (Å²) in [5.41, 5.74) is 1.38. The zero-order chi connectivity index (χ0) is 10.9. The van der Waals surface area contributed by atoms with Gasteiger partial charge in [-0.25, -0.2) is 0 Å². The Morgan fingerprint density at radius 3 is 2.36 bits per heavy atom. The maximum Gasteiger partial charge on any atom is 0.143 e. The summed E-state index contributed by atoms with van der Waals surface area (Å²) in [5, 5.41) is 10.0. The van der Waals surface area contributed by atoms with Crippen LogP contribution < -0.4 is 0 Å². The molecule has 0 aromatic carbocycles. The molecule has 0 saturated heterocycles.